The fourth-order valence-corrected chi connectivity index (χ4v) is 3.51. The molecule has 3 heteroatoms. The molecule has 94 valence electrons. The highest BCUT2D eigenvalue weighted by Crippen LogP contribution is 2.36. The highest BCUT2D eigenvalue weighted by molar-refractivity contribution is 7.99. The summed E-state index contributed by atoms with van der Waals surface area (Å²) in [6, 6.07) is 6.48. The number of thioether (sulfide) groups is 1. The molecule has 0 amide bonds. The van der Waals surface area contributed by atoms with Gasteiger partial charge in [-0.15, -0.1) is 11.8 Å². The van der Waals surface area contributed by atoms with Gasteiger partial charge in [0.15, 0.2) is 0 Å². The molecular weight excluding hydrogens is 230 g/mol. The van der Waals surface area contributed by atoms with Crippen LogP contribution in [0.4, 0.5) is 0 Å². The van der Waals surface area contributed by atoms with Crippen molar-refractivity contribution in [3.63, 3.8) is 0 Å². The molecule has 2 atom stereocenters. The van der Waals surface area contributed by atoms with E-state index in [0.717, 1.165) is 18.4 Å². The Morgan fingerprint density at radius 1 is 1.53 bits per heavy atom. The molecule has 2 rings (SSSR count). The van der Waals surface area contributed by atoms with E-state index >= 15 is 0 Å². The van der Waals surface area contributed by atoms with E-state index in [0.29, 0.717) is 0 Å². The van der Waals surface area contributed by atoms with Gasteiger partial charge in [0.05, 0.1) is 0 Å². The van der Waals surface area contributed by atoms with Crippen LogP contribution in [0.15, 0.2) is 23.1 Å². The Hall–Kier alpha value is -0.510. The Kier molecular flexibility index (Phi) is 3.81. The fourth-order valence-electron chi connectivity index (χ4n) is 2.45. The molecule has 1 aliphatic rings. The molecule has 1 aromatic carbocycles. The molecule has 0 radical (unpaired) electrons. The summed E-state index contributed by atoms with van der Waals surface area (Å²) in [5, 5.41) is 14.0. The lowest BCUT2D eigenvalue weighted by molar-refractivity contribution is 0.000976. The van der Waals surface area contributed by atoms with Gasteiger partial charge in [-0.3, -0.25) is 0 Å². The Morgan fingerprint density at radius 2 is 2.29 bits per heavy atom. The van der Waals surface area contributed by atoms with Gasteiger partial charge < -0.3 is 10.4 Å². The summed E-state index contributed by atoms with van der Waals surface area (Å²) in [5.41, 5.74) is 1.67. The fraction of sp³-hybridized carbons (Fsp3) is 0.571. The minimum atomic E-state index is -0.767. The molecule has 1 aromatic rings. The standard InChI is InChI=1S/C14H21NOS/c1-4-14(16,10(2)15-3)12-5-6-13-11(9-12)7-8-17-13/h5-6,9-10,15-16H,4,7-8H2,1-3H3. The average molecular weight is 251 g/mol. The minimum absolute atomic E-state index is 0.0552. The Balaban J connectivity index is 2.37. The van der Waals surface area contributed by atoms with Gasteiger partial charge >= 0.3 is 0 Å². The first-order valence-electron chi connectivity index (χ1n) is 6.27. The summed E-state index contributed by atoms with van der Waals surface area (Å²) < 4.78 is 0. The van der Waals surface area contributed by atoms with Crippen molar-refractivity contribution in [2.45, 2.75) is 43.2 Å². The van der Waals surface area contributed by atoms with Crippen LogP contribution in [0.2, 0.25) is 0 Å². The quantitative estimate of drug-likeness (QED) is 0.862. The molecule has 0 fully saturated rings. The van der Waals surface area contributed by atoms with Gasteiger partial charge in [-0.05, 0) is 44.0 Å². The molecule has 17 heavy (non-hydrogen) atoms. The largest absolute Gasteiger partial charge is 0.384 e. The zero-order valence-electron chi connectivity index (χ0n) is 10.8. The minimum Gasteiger partial charge on any atom is -0.384 e. The number of benzene rings is 1. The van der Waals surface area contributed by atoms with Crippen molar-refractivity contribution in [3.05, 3.63) is 29.3 Å². The van der Waals surface area contributed by atoms with E-state index < -0.39 is 5.60 Å². The van der Waals surface area contributed by atoms with E-state index in [4.69, 9.17) is 0 Å². The van der Waals surface area contributed by atoms with Crippen LogP contribution in [0.5, 0.6) is 0 Å². The van der Waals surface area contributed by atoms with E-state index in [1.165, 1.54) is 16.2 Å². The number of nitrogens with one attached hydrogen (secondary N) is 1. The predicted octanol–water partition coefficient (Wildman–Crippen LogP) is 2.54. The lowest BCUT2D eigenvalue weighted by Gasteiger charge is -2.34. The number of aliphatic hydroxyl groups is 1. The number of likely N-dealkylation sites (N-methyl/N-ethyl adjacent to an activating group) is 1. The first kappa shape index (κ1) is 12.9. The number of rotatable bonds is 4. The number of hydrogen-bond acceptors (Lipinski definition) is 3. The molecule has 0 saturated heterocycles. The molecule has 0 saturated carbocycles. The zero-order valence-corrected chi connectivity index (χ0v) is 11.6. The summed E-state index contributed by atoms with van der Waals surface area (Å²) in [6.07, 6.45) is 1.85. The molecule has 2 unspecified atom stereocenters. The van der Waals surface area contributed by atoms with Crippen LogP contribution in [0, 0.1) is 0 Å². The monoisotopic (exact) mass is 251 g/mol. The molecular formula is C14H21NOS. The van der Waals surface area contributed by atoms with Crippen molar-refractivity contribution in [2.24, 2.45) is 0 Å². The summed E-state index contributed by atoms with van der Waals surface area (Å²) in [4.78, 5) is 1.38. The smallest absolute Gasteiger partial charge is 0.104 e. The van der Waals surface area contributed by atoms with Crippen molar-refractivity contribution >= 4 is 11.8 Å². The van der Waals surface area contributed by atoms with Crippen LogP contribution in [-0.4, -0.2) is 23.9 Å². The average Bonchev–Trinajstić information content (AvgIpc) is 2.83. The Bertz CT molecular complexity index is 407. The summed E-state index contributed by atoms with van der Waals surface area (Å²) in [7, 11) is 1.90. The van der Waals surface area contributed by atoms with Crippen molar-refractivity contribution in [2.75, 3.05) is 12.8 Å². The van der Waals surface area contributed by atoms with E-state index in [2.05, 4.69) is 23.5 Å². The van der Waals surface area contributed by atoms with E-state index in [-0.39, 0.29) is 6.04 Å². The first-order valence-corrected chi connectivity index (χ1v) is 7.26. The van der Waals surface area contributed by atoms with Gasteiger partial charge in [-0.2, -0.15) is 0 Å². The topological polar surface area (TPSA) is 32.3 Å². The summed E-state index contributed by atoms with van der Waals surface area (Å²) in [5.74, 6) is 1.17. The second kappa shape index (κ2) is 5.01. The zero-order chi connectivity index (χ0) is 12.5. The molecule has 0 spiro atoms. The summed E-state index contributed by atoms with van der Waals surface area (Å²) in [6.45, 7) is 4.07. The predicted molar refractivity (Wildman–Crippen MR) is 73.6 cm³/mol. The Morgan fingerprint density at radius 3 is 2.94 bits per heavy atom. The molecule has 0 aliphatic carbocycles. The maximum absolute atomic E-state index is 10.8. The number of aryl methyl sites for hydroxylation is 1. The van der Waals surface area contributed by atoms with Gasteiger partial charge in [0.2, 0.25) is 0 Å². The second-order valence-corrected chi connectivity index (χ2v) is 5.85. The van der Waals surface area contributed by atoms with E-state index in [1.54, 1.807) is 0 Å². The lowest BCUT2D eigenvalue weighted by atomic mass is 9.84. The Labute approximate surface area is 108 Å². The molecule has 2 N–H and O–H groups in total. The van der Waals surface area contributed by atoms with Crippen LogP contribution >= 0.6 is 11.8 Å². The van der Waals surface area contributed by atoms with Gasteiger partial charge in [-0.1, -0.05) is 19.1 Å². The van der Waals surface area contributed by atoms with Crippen LogP contribution in [-0.2, 0) is 12.0 Å². The van der Waals surface area contributed by atoms with Crippen molar-refractivity contribution in [3.8, 4) is 0 Å². The van der Waals surface area contributed by atoms with Crippen molar-refractivity contribution < 1.29 is 5.11 Å². The van der Waals surface area contributed by atoms with Crippen molar-refractivity contribution in [1.82, 2.24) is 5.32 Å². The van der Waals surface area contributed by atoms with E-state index in [9.17, 15) is 5.11 Å². The van der Waals surface area contributed by atoms with E-state index in [1.807, 2.05) is 32.7 Å². The highest BCUT2D eigenvalue weighted by Gasteiger charge is 2.33. The second-order valence-electron chi connectivity index (χ2n) is 4.71. The molecule has 1 heterocycles. The van der Waals surface area contributed by atoms with Gasteiger partial charge in [-0.25, -0.2) is 0 Å². The first-order chi connectivity index (χ1) is 8.11. The highest BCUT2D eigenvalue weighted by atomic mass is 32.2. The maximum Gasteiger partial charge on any atom is 0.104 e. The van der Waals surface area contributed by atoms with Crippen LogP contribution in [0.25, 0.3) is 0 Å². The van der Waals surface area contributed by atoms with Crippen LogP contribution in [0.3, 0.4) is 0 Å². The van der Waals surface area contributed by atoms with Crippen molar-refractivity contribution in [1.29, 1.82) is 0 Å². The third-order valence-electron chi connectivity index (χ3n) is 3.88. The number of hydrogen-bond donors (Lipinski definition) is 2. The summed E-state index contributed by atoms with van der Waals surface area (Å²) >= 11 is 1.91. The molecule has 0 aromatic heterocycles. The van der Waals surface area contributed by atoms with Crippen LogP contribution < -0.4 is 5.32 Å². The maximum atomic E-state index is 10.8. The van der Waals surface area contributed by atoms with Gasteiger partial charge in [0, 0.05) is 16.7 Å². The normalized spacial score (nSPS) is 19.8. The molecule has 0 bridgehead atoms. The van der Waals surface area contributed by atoms with Gasteiger partial charge in [0.1, 0.15) is 5.60 Å². The number of fused-ring (bicyclic) bond motifs is 1. The lowest BCUT2D eigenvalue weighted by Crippen LogP contribution is -2.44. The third kappa shape index (κ3) is 2.24. The van der Waals surface area contributed by atoms with Gasteiger partial charge in [0.25, 0.3) is 0 Å². The molecule has 2 nitrogen and oxygen atoms in total. The van der Waals surface area contributed by atoms with Crippen LogP contribution in [0.1, 0.15) is 31.4 Å². The SMILES string of the molecule is CCC(O)(c1ccc2c(c1)CCS2)C(C)NC. The molecule has 1 aliphatic heterocycles. The third-order valence-corrected chi connectivity index (χ3v) is 5.00.